The summed E-state index contributed by atoms with van der Waals surface area (Å²) >= 11 is 3.96. The Morgan fingerprint density at radius 2 is 1.33 bits per heavy atom. The van der Waals surface area contributed by atoms with Gasteiger partial charge in [0.05, 0.1) is 6.10 Å². The Kier molecular flexibility index (Phi) is 16.7. The van der Waals surface area contributed by atoms with Gasteiger partial charge in [-0.15, -0.1) is 0 Å². The molecule has 1 rings (SSSR count). The first-order chi connectivity index (χ1) is 19.8. The molecule has 0 saturated heterocycles. The zero-order chi connectivity index (χ0) is 31.8. The van der Waals surface area contributed by atoms with Crippen LogP contribution in [0, 0.1) is 5.92 Å². The molecule has 0 aliphatic rings. The summed E-state index contributed by atoms with van der Waals surface area (Å²) in [6.45, 7) is 5.43. The Bertz CT molecular complexity index is 1030. The van der Waals surface area contributed by atoms with Crippen LogP contribution in [0.25, 0.3) is 0 Å². The summed E-state index contributed by atoms with van der Waals surface area (Å²) in [5.74, 6) is -4.19. The minimum atomic E-state index is -1.27. The molecule has 13 nitrogen and oxygen atoms in total. The van der Waals surface area contributed by atoms with E-state index in [2.05, 4.69) is 33.9 Å². The lowest BCUT2D eigenvalue weighted by Gasteiger charge is -2.27. The molecule has 0 saturated carbocycles. The van der Waals surface area contributed by atoms with Crippen LogP contribution in [0.2, 0.25) is 0 Å². The summed E-state index contributed by atoms with van der Waals surface area (Å²) in [5, 5.41) is 29.3. The Morgan fingerprint density at radius 1 is 0.810 bits per heavy atom. The molecular formula is C28H46N6O7S. The largest absolute Gasteiger partial charge is 0.480 e. The van der Waals surface area contributed by atoms with Crippen molar-refractivity contribution in [2.75, 3.05) is 12.3 Å². The summed E-state index contributed by atoms with van der Waals surface area (Å²) in [7, 11) is 0. The van der Waals surface area contributed by atoms with Crippen LogP contribution in [-0.4, -0.2) is 88.4 Å². The first kappa shape index (κ1) is 36.8. The number of carboxylic acid groups (broad SMARTS) is 1. The van der Waals surface area contributed by atoms with Crippen LogP contribution >= 0.6 is 12.6 Å². The minimum absolute atomic E-state index is 0.0445. The van der Waals surface area contributed by atoms with E-state index in [0.29, 0.717) is 19.4 Å². The highest BCUT2D eigenvalue weighted by molar-refractivity contribution is 7.80. The Hall–Kier alpha value is -3.20. The monoisotopic (exact) mass is 610 g/mol. The first-order valence-corrected chi connectivity index (χ1v) is 14.7. The van der Waals surface area contributed by atoms with E-state index in [4.69, 9.17) is 11.5 Å². The maximum atomic E-state index is 13.5. The molecule has 14 heteroatoms. The Morgan fingerprint density at radius 3 is 1.86 bits per heavy atom. The van der Waals surface area contributed by atoms with Crippen LogP contribution < -0.4 is 32.7 Å². The average molecular weight is 611 g/mol. The van der Waals surface area contributed by atoms with Crippen molar-refractivity contribution in [2.24, 2.45) is 17.4 Å². The van der Waals surface area contributed by atoms with Crippen LogP contribution in [0.5, 0.6) is 0 Å². The SMILES string of the molecule is CC(C)C[C@H](NC(=O)[C@H](Cc1ccccc1)NC(=O)[C@@H](N)[C@@H](C)O)C(=O)N[C@@H](CCCCN)C(=O)N[C@@H](CS)C(=O)O. The number of aliphatic hydroxyl groups excluding tert-OH is 1. The molecule has 10 N–H and O–H groups in total. The number of nitrogens with one attached hydrogen (secondary N) is 4. The highest BCUT2D eigenvalue weighted by atomic mass is 32.1. The molecule has 6 atom stereocenters. The van der Waals surface area contributed by atoms with E-state index in [1.54, 1.807) is 30.3 Å². The zero-order valence-electron chi connectivity index (χ0n) is 24.4. The fourth-order valence-corrected chi connectivity index (χ4v) is 4.26. The van der Waals surface area contributed by atoms with E-state index in [1.807, 2.05) is 13.8 Å². The number of aliphatic carboxylic acids is 1. The van der Waals surface area contributed by atoms with Crippen LogP contribution in [0.4, 0.5) is 0 Å². The number of amides is 4. The van der Waals surface area contributed by atoms with Crippen molar-refractivity contribution in [3.05, 3.63) is 35.9 Å². The topological polar surface area (TPSA) is 226 Å². The van der Waals surface area contributed by atoms with Gasteiger partial charge in [-0.2, -0.15) is 12.6 Å². The van der Waals surface area contributed by atoms with E-state index in [1.165, 1.54) is 6.92 Å². The third-order valence-corrected chi connectivity index (χ3v) is 6.82. The van der Waals surface area contributed by atoms with Gasteiger partial charge < -0.3 is 42.9 Å². The number of thiol groups is 1. The number of carbonyl (C=O) groups is 5. The second-order valence-electron chi connectivity index (χ2n) is 10.6. The number of carboxylic acids is 1. The molecule has 1 aromatic carbocycles. The summed E-state index contributed by atoms with van der Waals surface area (Å²) in [5.41, 5.74) is 12.1. The average Bonchev–Trinajstić information content (AvgIpc) is 2.93. The first-order valence-electron chi connectivity index (χ1n) is 14.0. The van der Waals surface area contributed by atoms with Gasteiger partial charge in [-0.05, 0) is 50.6 Å². The molecular weight excluding hydrogens is 564 g/mol. The van der Waals surface area contributed by atoms with E-state index < -0.39 is 65.9 Å². The van der Waals surface area contributed by atoms with Crippen molar-refractivity contribution in [3.63, 3.8) is 0 Å². The summed E-state index contributed by atoms with van der Waals surface area (Å²) in [4.78, 5) is 63.9. The van der Waals surface area contributed by atoms with Crippen LogP contribution in [-0.2, 0) is 30.4 Å². The molecule has 0 bridgehead atoms. The third-order valence-electron chi connectivity index (χ3n) is 6.46. The lowest BCUT2D eigenvalue weighted by molar-refractivity contribution is -0.141. The molecule has 236 valence electrons. The number of aliphatic hydroxyl groups is 1. The molecule has 0 spiro atoms. The maximum Gasteiger partial charge on any atom is 0.327 e. The fourth-order valence-electron chi connectivity index (χ4n) is 4.01. The molecule has 42 heavy (non-hydrogen) atoms. The Balaban J connectivity index is 3.19. The van der Waals surface area contributed by atoms with Gasteiger partial charge in [-0.1, -0.05) is 44.2 Å². The number of rotatable bonds is 19. The van der Waals surface area contributed by atoms with Gasteiger partial charge >= 0.3 is 5.97 Å². The van der Waals surface area contributed by atoms with Gasteiger partial charge in [0.2, 0.25) is 23.6 Å². The number of carbonyl (C=O) groups excluding carboxylic acids is 4. The highest BCUT2D eigenvalue weighted by Gasteiger charge is 2.32. The lowest BCUT2D eigenvalue weighted by atomic mass is 10.00. The van der Waals surface area contributed by atoms with E-state index in [9.17, 15) is 34.2 Å². The lowest BCUT2D eigenvalue weighted by Crippen LogP contribution is -2.59. The molecule has 0 radical (unpaired) electrons. The van der Waals surface area contributed by atoms with Crippen molar-refractivity contribution >= 4 is 42.2 Å². The molecule has 0 aliphatic carbocycles. The third kappa shape index (κ3) is 13.2. The minimum Gasteiger partial charge on any atom is -0.480 e. The summed E-state index contributed by atoms with van der Waals surface area (Å²) in [6, 6.07) is 3.10. The van der Waals surface area contributed by atoms with Crippen molar-refractivity contribution in [3.8, 4) is 0 Å². The van der Waals surface area contributed by atoms with Gasteiger partial charge in [0, 0.05) is 12.2 Å². The van der Waals surface area contributed by atoms with Crippen molar-refractivity contribution in [1.29, 1.82) is 0 Å². The predicted molar refractivity (Wildman–Crippen MR) is 161 cm³/mol. The standard InChI is InChI=1S/C28H46N6O7S/c1-16(2)13-20(25(37)31-19(11-7-8-12-29)24(36)34-22(15-42)28(40)41)32-26(38)21(14-18-9-5-4-6-10-18)33-27(39)23(30)17(3)35/h4-6,9-10,16-17,19-23,35,42H,7-8,11-15,29-30H2,1-3H3,(H,31,37)(H,32,38)(H,33,39)(H,34,36)(H,40,41)/t17-,19+,20+,21+,22+,23+/m1/s1. The molecule has 0 fully saturated rings. The van der Waals surface area contributed by atoms with Crippen molar-refractivity contribution in [2.45, 2.75) is 89.2 Å². The van der Waals surface area contributed by atoms with Crippen molar-refractivity contribution < 1.29 is 34.2 Å². The second-order valence-corrected chi connectivity index (χ2v) is 11.0. The summed E-state index contributed by atoms with van der Waals surface area (Å²) < 4.78 is 0. The normalized spacial score (nSPS) is 15.4. The predicted octanol–water partition coefficient (Wildman–Crippen LogP) is -0.934. The van der Waals surface area contributed by atoms with Crippen LogP contribution in [0.15, 0.2) is 30.3 Å². The van der Waals surface area contributed by atoms with Crippen LogP contribution in [0.3, 0.4) is 0 Å². The molecule has 0 unspecified atom stereocenters. The number of unbranched alkanes of at least 4 members (excludes halogenated alkanes) is 1. The number of hydrogen-bond donors (Lipinski definition) is 9. The molecule has 1 aromatic rings. The summed E-state index contributed by atoms with van der Waals surface area (Å²) in [6.07, 6.45) is 0.406. The van der Waals surface area contributed by atoms with Gasteiger partial charge in [-0.3, -0.25) is 19.2 Å². The van der Waals surface area contributed by atoms with Crippen molar-refractivity contribution in [1.82, 2.24) is 21.3 Å². The number of nitrogens with two attached hydrogens (primary N) is 2. The molecule has 0 aliphatic heterocycles. The zero-order valence-corrected chi connectivity index (χ0v) is 25.3. The molecule has 0 heterocycles. The van der Waals surface area contributed by atoms with E-state index in [0.717, 1.165) is 5.56 Å². The number of benzene rings is 1. The smallest absolute Gasteiger partial charge is 0.327 e. The molecule has 4 amide bonds. The van der Waals surface area contributed by atoms with E-state index in [-0.39, 0.29) is 30.9 Å². The second kappa shape index (κ2) is 19.1. The van der Waals surface area contributed by atoms with Gasteiger partial charge in [0.25, 0.3) is 0 Å². The highest BCUT2D eigenvalue weighted by Crippen LogP contribution is 2.10. The maximum absolute atomic E-state index is 13.5. The number of hydrogen-bond acceptors (Lipinski definition) is 9. The Labute approximate surface area is 252 Å². The molecule has 0 aromatic heterocycles. The van der Waals surface area contributed by atoms with Crippen LogP contribution in [0.1, 0.15) is 52.0 Å². The van der Waals surface area contributed by atoms with Gasteiger partial charge in [0.1, 0.15) is 30.2 Å². The fraction of sp³-hybridized carbons (Fsp3) is 0.607. The van der Waals surface area contributed by atoms with Gasteiger partial charge in [0.15, 0.2) is 0 Å². The van der Waals surface area contributed by atoms with E-state index >= 15 is 0 Å². The quantitative estimate of drug-likeness (QED) is 0.0695. The van der Waals surface area contributed by atoms with Gasteiger partial charge in [-0.25, -0.2) is 4.79 Å².